The van der Waals surface area contributed by atoms with Crippen LogP contribution in [0.25, 0.3) is 0 Å². The summed E-state index contributed by atoms with van der Waals surface area (Å²) in [6.45, 7) is 2.12. The lowest BCUT2D eigenvalue weighted by Crippen LogP contribution is -2.29. The standard InChI is InChI=1S/C18H17N3O5S/c1-24-17(23)14-3-2-12(26-14)8-21-6-4-13-15(9-21)27-18(19-13)20-16(22)11-5-7-25-10-11/h2-3,5,7,10H,4,6,8-9H2,1H3,(H,19,20,22). The minimum absolute atomic E-state index is 0.201. The molecule has 0 fully saturated rings. The predicted molar refractivity (Wildman–Crippen MR) is 96.6 cm³/mol. The van der Waals surface area contributed by atoms with Gasteiger partial charge in [-0.25, -0.2) is 9.78 Å². The number of carbonyl (C=O) groups is 2. The molecule has 0 radical (unpaired) electrons. The van der Waals surface area contributed by atoms with E-state index in [0.717, 1.165) is 23.5 Å². The maximum Gasteiger partial charge on any atom is 0.373 e. The van der Waals surface area contributed by atoms with Crippen LogP contribution in [-0.2, 0) is 24.2 Å². The zero-order chi connectivity index (χ0) is 18.8. The van der Waals surface area contributed by atoms with Gasteiger partial charge in [0, 0.05) is 24.4 Å². The Morgan fingerprint density at radius 1 is 1.37 bits per heavy atom. The van der Waals surface area contributed by atoms with Gasteiger partial charge in [-0.15, -0.1) is 11.3 Å². The summed E-state index contributed by atoms with van der Waals surface area (Å²) in [6.07, 6.45) is 3.65. The fourth-order valence-corrected chi connectivity index (χ4v) is 3.94. The number of amides is 1. The highest BCUT2D eigenvalue weighted by Crippen LogP contribution is 2.29. The van der Waals surface area contributed by atoms with Crippen LogP contribution in [0.5, 0.6) is 0 Å². The second kappa shape index (κ2) is 7.37. The molecule has 4 rings (SSSR count). The number of esters is 1. The minimum Gasteiger partial charge on any atom is -0.472 e. The van der Waals surface area contributed by atoms with Gasteiger partial charge in [-0.2, -0.15) is 0 Å². The highest BCUT2D eigenvalue weighted by Gasteiger charge is 2.23. The van der Waals surface area contributed by atoms with Gasteiger partial charge in [0.25, 0.3) is 5.91 Å². The summed E-state index contributed by atoms with van der Waals surface area (Å²) in [5.41, 5.74) is 1.47. The fraction of sp³-hybridized carbons (Fsp3) is 0.278. The molecular weight excluding hydrogens is 370 g/mol. The van der Waals surface area contributed by atoms with E-state index in [-0.39, 0.29) is 11.7 Å². The van der Waals surface area contributed by atoms with Crippen molar-refractivity contribution in [2.75, 3.05) is 19.0 Å². The molecule has 0 unspecified atom stereocenters. The van der Waals surface area contributed by atoms with Crippen molar-refractivity contribution in [2.45, 2.75) is 19.5 Å². The molecule has 0 aromatic carbocycles. The summed E-state index contributed by atoms with van der Waals surface area (Å²) < 4.78 is 15.1. The van der Waals surface area contributed by atoms with E-state index in [1.54, 1.807) is 18.2 Å². The molecule has 27 heavy (non-hydrogen) atoms. The van der Waals surface area contributed by atoms with E-state index in [1.807, 2.05) is 0 Å². The van der Waals surface area contributed by atoms with Gasteiger partial charge >= 0.3 is 5.97 Å². The van der Waals surface area contributed by atoms with Crippen LogP contribution in [0.1, 0.15) is 37.2 Å². The van der Waals surface area contributed by atoms with Crippen molar-refractivity contribution in [1.82, 2.24) is 9.88 Å². The maximum absolute atomic E-state index is 12.1. The third-order valence-electron chi connectivity index (χ3n) is 4.24. The molecule has 0 atom stereocenters. The van der Waals surface area contributed by atoms with E-state index in [1.165, 1.54) is 31.0 Å². The number of furan rings is 2. The van der Waals surface area contributed by atoms with Crippen LogP contribution in [0, 0.1) is 0 Å². The number of aromatic nitrogens is 1. The third-order valence-corrected chi connectivity index (χ3v) is 5.24. The SMILES string of the molecule is COC(=O)c1ccc(CN2CCc3nc(NC(=O)c4ccoc4)sc3C2)o1. The number of ether oxygens (including phenoxy) is 1. The molecule has 0 bridgehead atoms. The summed E-state index contributed by atoms with van der Waals surface area (Å²) in [7, 11) is 1.32. The maximum atomic E-state index is 12.1. The molecule has 1 aliphatic rings. The Kier molecular flexibility index (Phi) is 4.78. The number of hydrogen-bond donors (Lipinski definition) is 1. The predicted octanol–water partition coefficient (Wildman–Crippen LogP) is 2.93. The third kappa shape index (κ3) is 3.79. The molecular formula is C18H17N3O5S. The van der Waals surface area contributed by atoms with Gasteiger partial charge in [0.05, 0.1) is 31.2 Å². The number of hydrogen-bond acceptors (Lipinski definition) is 8. The Labute approximate surface area is 158 Å². The van der Waals surface area contributed by atoms with E-state index >= 15 is 0 Å². The lowest BCUT2D eigenvalue weighted by atomic mass is 10.2. The minimum atomic E-state index is -0.484. The van der Waals surface area contributed by atoms with Crippen LogP contribution < -0.4 is 5.32 Å². The lowest BCUT2D eigenvalue weighted by molar-refractivity contribution is 0.0560. The van der Waals surface area contributed by atoms with Crippen LogP contribution >= 0.6 is 11.3 Å². The van der Waals surface area contributed by atoms with Crippen LogP contribution in [0.15, 0.2) is 39.6 Å². The van der Waals surface area contributed by atoms with E-state index < -0.39 is 5.97 Å². The number of nitrogens with zero attached hydrogens (tertiary/aromatic N) is 2. The van der Waals surface area contributed by atoms with Crippen molar-refractivity contribution in [1.29, 1.82) is 0 Å². The Bertz CT molecular complexity index is 960. The van der Waals surface area contributed by atoms with Gasteiger partial charge in [-0.05, 0) is 18.2 Å². The molecule has 4 heterocycles. The number of thiazole rings is 1. The molecule has 0 saturated heterocycles. The quantitative estimate of drug-likeness (QED) is 0.672. The molecule has 1 aliphatic heterocycles. The number of anilines is 1. The van der Waals surface area contributed by atoms with Crippen molar-refractivity contribution >= 4 is 28.3 Å². The summed E-state index contributed by atoms with van der Waals surface area (Å²) >= 11 is 1.47. The van der Waals surface area contributed by atoms with Crippen molar-refractivity contribution in [3.05, 3.63) is 58.4 Å². The molecule has 8 nitrogen and oxygen atoms in total. The highest BCUT2D eigenvalue weighted by molar-refractivity contribution is 7.15. The van der Waals surface area contributed by atoms with E-state index in [0.29, 0.717) is 29.5 Å². The number of carbonyl (C=O) groups excluding carboxylic acids is 2. The van der Waals surface area contributed by atoms with E-state index in [2.05, 4.69) is 19.9 Å². The topological polar surface area (TPSA) is 97.8 Å². The fourth-order valence-electron chi connectivity index (χ4n) is 2.89. The largest absolute Gasteiger partial charge is 0.472 e. The molecule has 3 aromatic rings. The van der Waals surface area contributed by atoms with Crippen molar-refractivity contribution < 1.29 is 23.2 Å². The summed E-state index contributed by atoms with van der Waals surface area (Å²) in [6, 6.07) is 5.01. The first kappa shape index (κ1) is 17.5. The van der Waals surface area contributed by atoms with Gasteiger partial charge in [0.15, 0.2) is 5.13 Å². The molecule has 0 aliphatic carbocycles. The lowest BCUT2D eigenvalue weighted by Gasteiger charge is -2.24. The Morgan fingerprint density at radius 2 is 2.26 bits per heavy atom. The van der Waals surface area contributed by atoms with Gasteiger partial charge in [-0.3, -0.25) is 15.0 Å². The first-order valence-electron chi connectivity index (χ1n) is 8.34. The molecule has 0 spiro atoms. The van der Waals surface area contributed by atoms with Gasteiger partial charge in [-0.1, -0.05) is 0 Å². The average molecular weight is 387 g/mol. The van der Waals surface area contributed by atoms with Crippen molar-refractivity contribution in [2.24, 2.45) is 0 Å². The van der Waals surface area contributed by atoms with Crippen LogP contribution in [-0.4, -0.2) is 35.4 Å². The van der Waals surface area contributed by atoms with E-state index in [9.17, 15) is 9.59 Å². The highest BCUT2D eigenvalue weighted by atomic mass is 32.1. The number of nitrogens with one attached hydrogen (secondary N) is 1. The first-order chi connectivity index (χ1) is 13.1. The number of rotatable bonds is 5. The molecule has 1 N–H and O–H groups in total. The van der Waals surface area contributed by atoms with E-state index in [4.69, 9.17) is 8.83 Å². The van der Waals surface area contributed by atoms with Crippen LogP contribution in [0.2, 0.25) is 0 Å². The molecule has 9 heteroatoms. The monoisotopic (exact) mass is 387 g/mol. The second-order valence-electron chi connectivity index (χ2n) is 6.07. The van der Waals surface area contributed by atoms with Crippen molar-refractivity contribution in [3.8, 4) is 0 Å². The molecule has 0 saturated carbocycles. The Balaban J connectivity index is 1.40. The number of fused-ring (bicyclic) bond motifs is 1. The summed E-state index contributed by atoms with van der Waals surface area (Å²) in [4.78, 5) is 31.4. The van der Waals surface area contributed by atoms with Crippen LogP contribution in [0.3, 0.4) is 0 Å². The zero-order valence-corrected chi connectivity index (χ0v) is 15.4. The molecule has 140 valence electrons. The summed E-state index contributed by atoms with van der Waals surface area (Å²) in [5, 5.41) is 3.39. The normalized spacial score (nSPS) is 14.0. The Hall–Kier alpha value is -2.91. The first-order valence-corrected chi connectivity index (χ1v) is 9.15. The second-order valence-corrected chi connectivity index (χ2v) is 7.16. The smallest absolute Gasteiger partial charge is 0.373 e. The van der Waals surface area contributed by atoms with Crippen molar-refractivity contribution in [3.63, 3.8) is 0 Å². The Morgan fingerprint density at radius 3 is 3.04 bits per heavy atom. The average Bonchev–Trinajstić information content (AvgIpc) is 3.41. The summed E-state index contributed by atoms with van der Waals surface area (Å²) in [5.74, 6) is 0.185. The molecule has 3 aromatic heterocycles. The zero-order valence-electron chi connectivity index (χ0n) is 14.6. The van der Waals surface area contributed by atoms with Gasteiger partial charge < -0.3 is 13.6 Å². The van der Waals surface area contributed by atoms with Gasteiger partial charge in [0.2, 0.25) is 5.76 Å². The van der Waals surface area contributed by atoms with Crippen LogP contribution in [0.4, 0.5) is 5.13 Å². The number of methoxy groups -OCH3 is 1. The van der Waals surface area contributed by atoms with Gasteiger partial charge in [0.1, 0.15) is 12.0 Å². The molecule has 1 amide bonds.